The fourth-order valence-electron chi connectivity index (χ4n) is 4.75. The first-order valence-electron chi connectivity index (χ1n) is 14.3. The van der Waals surface area contributed by atoms with Crippen LogP contribution in [0.1, 0.15) is 50.3 Å². The minimum absolute atomic E-state index is 0.000145. The quantitative estimate of drug-likeness (QED) is 0.0598. The van der Waals surface area contributed by atoms with Gasteiger partial charge in [0.25, 0.3) is 0 Å². The number of aliphatic imine (C=N–C) groups is 1. The molecule has 12 heteroatoms. The molecule has 7 N–H and O–H groups in total. The molecular formula is C32H40ClF2N7O2. The van der Waals surface area contributed by atoms with E-state index in [0.29, 0.717) is 47.7 Å². The van der Waals surface area contributed by atoms with Crippen LogP contribution in [0.3, 0.4) is 0 Å². The van der Waals surface area contributed by atoms with Gasteiger partial charge in [-0.3, -0.25) is 9.56 Å². The van der Waals surface area contributed by atoms with Gasteiger partial charge in [-0.05, 0) is 82.0 Å². The van der Waals surface area contributed by atoms with Crippen LogP contribution in [0.25, 0.3) is 28.0 Å². The van der Waals surface area contributed by atoms with Gasteiger partial charge in [0.1, 0.15) is 11.5 Å². The zero-order chi connectivity index (χ0) is 32.4. The molecule has 0 fully saturated rings. The Kier molecular flexibility index (Phi) is 12.8. The van der Waals surface area contributed by atoms with Gasteiger partial charge in [0.05, 0.1) is 22.2 Å². The highest BCUT2D eigenvalue weighted by Crippen LogP contribution is 2.31. The highest BCUT2D eigenvalue weighted by molar-refractivity contribution is 6.31. The van der Waals surface area contributed by atoms with E-state index in [2.05, 4.69) is 26.9 Å². The van der Waals surface area contributed by atoms with E-state index in [1.54, 1.807) is 49.5 Å². The third-order valence-corrected chi connectivity index (χ3v) is 7.34. The number of H-pyrrole nitrogens is 1. The molecule has 2 aromatic heterocycles. The molecule has 0 saturated heterocycles. The summed E-state index contributed by atoms with van der Waals surface area (Å²) in [6.45, 7) is 8.54. The van der Waals surface area contributed by atoms with E-state index >= 15 is 8.78 Å². The van der Waals surface area contributed by atoms with Crippen LogP contribution in [-0.2, 0) is 6.42 Å². The van der Waals surface area contributed by atoms with Gasteiger partial charge in [-0.1, -0.05) is 23.7 Å². The maximum absolute atomic E-state index is 15.1. The Morgan fingerprint density at radius 1 is 1.25 bits per heavy atom. The van der Waals surface area contributed by atoms with Crippen LogP contribution in [0.4, 0.5) is 8.78 Å². The Bertz CT molecular complexity index is 1660. The van der Waals surface area contributed by atoms with Crippen molar-refractivity contribution in [1.29, 1.82) is 0 Å². The Morgan fingerprint density at radius 2 is 2.00 bits per heavy atom. The molecule has 0 radical (unpaired) electrons. The third-order valence-electron chi connectivity index (χ3n) is 7.07. The first kappa shape index (κ1) is 34.6. The van der Waals surface area contributed by atoms with E-state index in [-0.39, 0.29) is 28.3 Å². The number of aryl methyl sites for hydroxylation is 1. The summed E-state index contributed by atoms with van der Waals surface area (Å²) in [5.74, 6) is -0.494. The number of aliphatic hydroxyl groups excluding tert-OH is 1. The van der Waals surface area contributed by atoms with Crippen molar-refractivity contribution in [3.8, 4) is 16.9 Å². The van der Waals surface area contributed by atoms with Gasteiger partial charge >= 0.3 is 5.69 Å². The molecule has 4 aromatic rings. The Labute approximate surface area is 260 Å². The monoisotopic (exact) mass is 627 g/mol. The maximum atomic E-state index is 15.1. The summed E-state index contributed by atoms with van der Waals surface area (Å²) in [7, 11) is 1.00. The van der Waals surface area contributed by atoms with E-state index in [4.69, 9.17) is 28.2 Å². The Hall–Kier alpha value is -3.90. The number of benzene rings is 2. The average molecular weight is 628 g/mol. The van der Waals surface area contributed by atoms with Crippen LogP contribution in [0, 0.1) is 11.6 Å². The summed E-state index contributed by atoms with van der Waals surface area (Å²) in [4.78, 5) is 24.2. The molecule has 2 aromatic carbocycles. The molecule has 0 saturated carbocycles. The summed E-state index contributed by atoms with van der Waals surface area (Å²) in [5.41, 5.74) is 13.5. The average Bonchev–Trinajstić information content (AvgIpc) is 3.41. The molecule has 2 atom stereocenters. The first-order chi connectivity index (χ1) is 21.1. The van der Waals surface area contributed by atoms with Crippen molar-refractivity contribution in [2.24, 2.45) is 16.5 Å². The predicted molar refractivity (Wildman–Crippen MR) is 175 cm³/mol. The lowest BCUT2D eigenvalue weighted by Crippen LogP contribution is -2.23. The molecule has 0 aliphatic heterocycles. The fraction of sp³-hybridized carbons (Fsp3) is 0.344. The highest BCUT2D eigenvalue weighted by atomic mass is 35.5. The molecule has 9 nitrogen and oxygen atoms in total. The molecule has 44 heavy (non-hydrogen) atoms. The molecule has 0 amide bonds. The first-order valence-corrected chi connectivity index (χ1v) is 14.7. The van der Waals surface area contributed by atoms with Crippen molar-refractivity contribution in [2.75, 3.05) is 20.2 Å². The van der Waals surface area contributed by atoms with Gasteiger partial charge in [0, 0.05) is 48.4 Å². The Balaban J connectivity index is 0.00000259. The molecule has 4 rings (SSSR count). The van der Waals surface area contributed by atoms with Crippen LogP contribution in [-0.4, -0.2) is 51.7 Å². The van der Waals surface area contributed by atoms with E-state index in [0.717, 1.165) is 31.9 Å². The van der Waals surface area contributed by atoms with Crippen LogP contribution in [0.15, 0.2) is 65.0 Å². The second-order valence-corrected chi connectivity index (χ2v) is 10.8. The van der Waals surface area contributed by atoms with Gasteiger partial charge < -0.3 is 26.9 Å². The molecule has 0 aliphatic carbocycles. The normalized spacial score (nSPS) is 13.0. The molecule has 236 valence electrons. The summed E-state index contributed by atoms with van der Waals surface area (Å²) in [6.07, 6.45) is 6.22. The fourth-order valence-corrected chi connectivity index (χ4v) is 4.99. The number of nitrogens with two attached hydrogens (primary N) is 2. The van der Waals surface area contributed by atoms with Crippen molar-refractivity contribution in [1.82, 2.24) is 19.9 Å². The molecule has 0 bridgehead atoms. The lowest BCUT2D eigenvalue weighted by atomic mass is 10.0. The number of aliphatic hydroxyl groups is 1. The number of aromatic nitrogens is 3. The van der Waals surface area contributed by atoms with Gasteiger partial charge in [-0.2, -0.15) is 4.98 Å². The van der Waals surface area contributed by atoms with Crippen molar-refractivity contribution in [3.63, 3.8) is 0 Å². The minimum Gasteiger partial charge on any atom is -0.400 e. The van der Waals surface area contributed by atoms with Gasteiger partial charge in [0.2, 0.25) is 0 Å². The van der Waals surface area contributed by atoms with Crippen LogP contribution < -0.4 is 22.5 Å². The maximum Gasteiger partial charge on any atom is 0.354 e. The number of hydrogen-bond donors (Lipinski definition) is 5. The molecule has 2 unspecified atom stereocenters. The van der Waals surface area contributed by atoms with Crippen molar-refractivity contribution in [3.05, 3.63) is 93.5 Å². The number of amidine groups is 1. The summed E-state index contributed by atoms with van der Waals surface area (Å²) in [5, 5.41) is 10.8. The predicted octanol–water partition coefficient (Wildman–Crippen LogP) is 5.17. The van der Waals surface area contributed by atoms with E-state index in [1.165, 1.54) is 10.6 Å². The van der Waals surface area contributed by atoms with Gasteiger partial charge in [-0.25, -0.2) is 13.6 Å². The number of aromatic amines is 1. The van der Waals surface area contributed by atoms with Crippen LogP contribution in [0.2, 0.25) is 5.02 Å². The van der Waals surface area contributed by atoms with Gasteiger partial charge in [0.15, 0.2) is 5.82 Å². The van der Waals surface area contributed by atoms with Crippen molar-refractivity contribution >= 4 is 28.5 Å². The summed E-state index contributed by atoms with van der Waals surface area (Å²) in [6, 6.07) is 9.30. The lowest BCUT2D eigenvalue weighted by Gasteiger charge is -2.16. The molecular weight excluding hydrogens is 588 g/mol. The zero-order valence-electron chi connectivity index (χ0n) is 25.2. The number of nitrogens with one attached hydrogen (secondary N) is 2. The minimum atomic E-state index is -0.601. The molecule has 0 aliphatic rings. The van der Waals surface area contributed by atoms with Crippen LogP contribution in [0.5, 0.6) is 0 Å². The summed E-state index contributed by atoms with van der Waals surface area (Å²) < 4.78 is 31.5. The standard InChI is InChI=1S/C31H36ClF2N7O.CH4O/c1-4-22(36)8-5-7-20-13-25(29(34)26(32)14-20)28-15-21-17-41(31(42)40-30(21)39-28)23-9-10-24(27(33)16-23)18(2)37-11-6-12-38-19(3)35;1-2/h4,9-10,13-18,22,37H,1,5-8,11-12,36H2,2-3H3,(H2,35,38)(H,39,40,42);2H,1H3. The number of hydrogen-bond acceptors (Lipinski definition) is 6. The summed E-state index contributed by atoms with van der Waals surface area (Å²) >= 11 is 6.22. The van der Waals surface area contributed by atoms with E-state index in [1.807, 2.05) is 6.92 Å². The smallest absolute Gasteiger partial charge is 0.354 e. The van der Waals surface area contributed by atoms with E-state index < -0.39 is 17.3 Å². The Morgan fingerprint density at radius 3 is 2.68 bits per heavy atom. The third kappa shape index (κ3) is 8.82. The van der Waals surface area contributed by atoms with Gasteiger partial charge in [-0.15, -0.1) is 6.58 Å². The lowest BCUT2D eigenvalue weighted by molar-refractivity contribution is 0.399. The highest BCUT2D eigenvalue weighted by Gasteiger charge is 2.17. The largest absolute Gasteiger partial charge is 0.400 e. The van der Waals surface area contributed by atoms with Crippen molar-refractivity contribution < 1.29 is 13.9 Å². The van der Waals surface area contributed by atoms with E-state index in [9.17, 15) is 4.79 Å². The number of nitrogens with zero attached hydrogens (tertiary/aromatic N) is 3. The topological polar surface area (TPSA) is 147 Å². The van der Waals surface area contributed by atoms with Crippen LogP contribution >= 0.6 is 11.6 Å². The SMILES string of the molecule is C=CC(N)CCCc1cc(Cl)c(F)c(-c2cc3cn(-c4ccc(C(C)NCCCN=C(C)N)c(F)c4)c(=O)nc3[nH]2)c1.CO. The number of fused-ring (bicyclic) bond motifs is 1. The second kappa shape index (κ2) is 16.2. The number of rotatable bonds is 13. The number of halogens is 3. The zero-order valence-corrected chi connectivity index (χ0v) is 26.0. The molecule has 2 heterocycles. The second-order valence-electron chi connectivity index (χ2n) is 10.4. The molecule has 0 spiro atoms. The van der Waals surface area contributed by atoms with Crippen molar-refractivity contribution in [2.45, 2.75) is 51.6 Å².